The second kappa shape index (κ2) is 10.7. The van der Waals surface area contributed by atoms with Crippen LogP contribution in [0.25, 0.3) is 33.0 Å². The van der Waals surface area contributed by atoms with Gasteiger partial charge in [-0.25, -0.2) is 14.2 Å². The molecule has 236 valence electrons. The highest BCUT2D eigenvalue weighted by atomic mass is 35.5. The number of piperazine rings is 1. The van der Waals surface area contributed by atoms with Gasteiger partial charge in [0.2, 0.25) is 11.6 Å². The van der Waals surface area contributed by atoms with Gasteiger partial charge in [0.25, 0.3) is 11.5 Å². The third-order valence-corrected chi connectivity index (χ3v) is 8.65. The third-order valence-electron chi connectivity index (χ3n) is 8.36. The maximum atomic E-state index is 15.2. The van der Waals surface area contributed by atoms with E-state index in [-0.39, 0.29) is 58.1 Å². The zero-order chi connectivity index (χ0) is 33.4. The lowest BCUT2D eigenvalue weighted by Gasteiger charge is -2.50. The summed E-state index contributed by atoms with van der Waals surface area (Å²) in [7, 11) is 1.48. The molecule has 0 saturated carbocycles. The summed E-state index contributed by atoms with van der Waals surface area (Å²) >= 11 is 6.81. The Labute approximate surface area is 268 Å². The molecule has 3 aromatic heterocycles. The number of anilines is 2. The number of nitrogens with zero attached hydrogens (tertiary/aromatic N) is 8. The minimum Gasteiger partial charge on any atom is -0.507 e. The molecule has 4 aromatic rings. The van der Waals surface area contributed by atoms with Crippen LogP contribution in [0.5, 0.6) is 5.75 Å². The molecule has 14 heteroatoms. The predicted octanol–water partition coefficient (Wildman–Crippen LogP) is 4.62. The van der Waals surface area contributed by atoms with E-state index in [1.54, 1.807) is 4.90 Å². The Hall–Kier alpha value is -5.22. The van der Waals surface area contributed by atoms with Crippen molar-refractivity contribution in [1.82, 2.24) is 24.2 Å². The van der Waals surface area contributed by atoms with Crippen LogP contribution in [0.15, 0.2) is 47.9 Å². The number of carbonyl (C=O) groups excluding carboxylic acids is 2. The smallest absolute Gasteiger partial charge is 0.283 e. The maximum Gasteiger partial charge on any atom is 0.283 e. The molecule has 6 rings (SSSR count). The Morgan fingerprint density at radius 1 is 1.24 bits per heavy atom. The number of halogens is 2. The molecule has 2 aliphatic rings. The first-order valence-electron chi connectivity index (χ1n) is 14.4. The van der Waals surface area contributed by atoms with E-state index in [0.717, 1.165) is 6.07 Å². The Kier molecular flexibility index (Phi) is 7.16. The van der Waals surface area contributed by atoms with E-state index in [2.05, 4.69) is 16.5 Å². The van der Waals surface area contributed by atoms with Crippen LogP contribution in [-0.2, 0) is 15.1 Å². The summed E-state index contributed by atoms with van der Waals surface area (Å²) in [5.41, 5.74) is -1.38. The number of aromatic nitrogens is 4. The van der Waals surface area contributed by atoms with Crippen molar-refractivity contribution in [2.45, 2.75) is 45.3 Å². The van der Waals surface area contributed by atoms with Crippen molar-refractivity contribution in [3.63, 3.8) is 0 Å². The Morgan fingerprint density at radius 2 is 1.96 bits per heavy atom. The number of likely N-dealkylation sites (N-methyl/N-ethyl adjacent to an activating group) is 1. The van der Waals surface area contributed by atoms with Gasteiger partial charge in [-0.3, -0.25) is 23.6 Å². The van der Waals surface area contributed by atoms with Crippen molar-refractivity contribution in [1.29, 1.82) is 0 Å². The van der Waals surface area contributed by atoms with Crippen LogP contribution in [0.4, 0.5) is 21.5 Å². The number of hydrogen-bond acceptors (Lipinski definition) is 7. The number of phenolic OH excluding ortho intramolecular Hbond substituents is 1. The lowest BCUT2D eigenvalue weighted by molar-refractivity contribution is -0.129. The molecule has 0 bridgehead atoms. The van der Waals surface area contributed by atoms with E-state index >= 15 is 4.39 Å². The summed E-state index contributed by atoms with van der Waals surface area (Å²) in [6.45, 7) is 19.1. The fourth-order valence-corrected chi connectivity index (χ4v) is 6.60. The largest absolute Gasteiger partial charge is 0.507 e. The standard InChI is InChI=1S/C32H30ClFN8O4/c1-8-23(44)39-14-16(2)40-21(15-39)30(45)38(7)27-26(40)17-12-18(33)25(24-19(34)10-9-11-22(24)43)37-28(17)41(31(27)46)29-20(35-6)13-36-42(29)32(3,4)5/h8-13,16,21,43H,1,14-15H2,2-5,7H3/t16-,21+/m0/s1. The maximum absolute atomic E-state index is 15.2. The van der Waals surface area contributed by atoms with Crippen molar-refractivity contribution >= 4 is 51.5 Å². The quantitative estimate of drug-likeness (QED) is 0.255. The minimum atomic E-state index is -0.850. The molecule has 2 aliphatic heterocycles. The summed E-state index contributed by atoms with van der Waals surface area (Å²) in [4.78, 5) is 54.3. The summed E-state index contributed by atoms with van der Waals surface area (Å²) in [6.07, 6.45) is 2.53. The Morgan fingerprint density at radius 3 is 2.59 bits per heavy atom. The van der Waals surface area contributed by atoms with Crippen LogP contribution in [0.3, 0.4) is 0 Å². The van der Waals surface area contributed by atoms with Crippen molar-refractivity contribution in [2.75, 3.05) is 29.9 Å². The van der Waals surface area contributed by atoms with E-state index < -0.39 is 40.7 Å². The molecule has 1 saturated heterocycles. The summed E-state index contributed by atoms with van der Waals surface area (Å²) in [5, 5.41) is 15.4. The second-order valence-corrected chi connectivity index (χ2v) is 12.7. The number of pyridine rings is 2. The predicted molar refractivity (Wildman–Crippen MR) is 172 cm³/mol. The highest BCUT2D eigenvalue weighted by Crippen LogP contribution is 2.45. The Bertz CT molecular complexity index is 2070. The fraction of sp³-hybridized carbons (Fsp3) is 0.312. The first-order chi connectivity index (χ1) is 21.7. The van der Waals surface area contributed by atoms with E-state index in [9.17, 15) is 19.5 Å². The lowest BCUT2D eigenvalue weighted by Crippen LogP contribution is -2.66. The molecule has 0 spiro atoms. The number of fused-ring (bicyclic) bond motifs is 5. The van der Waals surface area contributed by atoms with Gasteiger partial charge < -0.3 is 19.8 Å². The molecule has 46 heavy (non-hydrogen) atoms. The summed E-state index contributed by atoms with van der Waals surface area (Å²) in [6, 6.07) is 4.01. The zero-order valence-corrected chi connectivity index (χ0v) is 26.5. The molecular weight excluding hydrogens is 615 g/mol. The van der Waals surface area contributed by atoms with Crippen molar-refractivity contribution in [3.8, 4) is 22.8 Å². The first kappa shape index (κ1) is 30.8. The first-order valence-corrected chi connectivity index (χ1v) is 14.8. The number of amides is 2. The molecule has 0 unspecified atom stereocenters. The normalized spacial score (nSPS) is 18.0. The number of aromatic hydroxyl groups is 1. The number of hydrogen-bond donors (Lipinski definition) is 1. The third kappa shape index (κ3) is 4.43. The summed E-state index contributed by atoms with van der Waals surface area (Å²) < 4.78 is 17.9. The second-order valence-electron chi connectivity index (χ2n) is 12.3. The summed E-state index contributed by atoms with van der Waals surface area (Å²) in [5.74, 6) is -1.84. The van der Waals surface area contributed by atoms with Crippen LogP contribution in [0.2, 0.25) is 5.02 Å². The van der Waals surface area contributed by atoms with Gasteiger partial charge >= 0.3 is 0 Å². The van der Waals surface area contributed by atoms with Gasteiger partial charge in [-0.2, -0.15) is 5.10 Å². The highest BCUT2D eigenvalue weighted by Gasteiger charge is 2.47. The van der Waals surface area contributed by atoms with Gasteiger partial charge in [-0.05, 0) is 52.0 Å². The SMILES string of the molecule is [C-]#[N+]c1cnn(C(C)(C)C)c1-n1c(=O)c2c(c3cc(Cl)c(-c4c(O)cccc4F)nc31)N1[C@H](CN(C(=O)C=C)C[C@@H]1C)C(=O)N2C. The van der Waals surface area contributed by atoms with Crippen LogP contribution < -0.4 is 15.4 Å². The lowest BCUT2D eigenvalue weighted by atomic mass is 9.97. The van der Waals surface area contributed by atoms with Crippen LogP contribution in [0.1, 0.15) is 27.7 Å². The van der Waals surface area contributed by atoms with E-state index in [1.165, 1.54) is 56.6 Å². The monoisotopic (exact) mass is 644 g/mol. The average Bonchev–Trinajstić information content (AvgIpc) is 3.44. The molecule has 1 fully saturated rings. The van der Waals surface area contributed by atoms with Crippen molar-refractivity contribution in [3.05, 3.63) is 75.7 Å². The van der Waals surface area contributed by atoms with Crippen LogP contribution in [0, 0.1) is 12.4 Å². The molecule has 2 atom stereocenters. The van der Waals surface area contributed by atoms with Gasteiger partial charge in [0.1, 0.15) is 29.1 Å². The molecule has 2 amide bonds. The number of benzene rings is 1. The zero-order valence-electron chi connectivity index (χ0n) is 25.7. The topological polar surface area (TPSA) is 121 Å². The van der Waals surface area contributed by atoms with E-state index in [1.807, 2.05) is 27.7 Å². The van der Waals surface area contributed by atoms with E-state index in [0.29, 0.717) is 11.1 Å². The number of rotatable bonds is 3. The molecule has 0 radical (unpaired) electrons. The van der Waals surface area contributed by atoms with E-state index in [4.69, 9.17) is 23.2 Å². The number of phenols is 1. The molecule has 0 aliphatic carbocycles. The molecule has 5 heterocycles. The van der Waals surface area contributed by atoms with Crippen molar-refractivity contribution < 1.29 is 19.1 Å². The molecule has 1 N–H and O–H groups in total. The molecular formula is C32H30ClFN8O4. The van der Waals surface area contributed by atoms with Gasteiger partial charge in [0, 0.05) is 25.0 Å². The Balaban J connectivity index is 1.78. The molecule has 12 nitrogen and oxygen atoms in total. The van der Waals surface area contributed by atoms with Crippen molar-refractivity contribution in [2.24, 2.45) is 0 Å². The minimum absolute atomic E-state index is 0.000000420. The number of carbonyl (C=O) groups is 2. The average molecular weight is 645 g/mol. The van der Waals surface area contributed by atoms with Gasteiger partial charge in [0.15, 0.2) is 5.65 Å². The highest BCUT2D eigenvalue weighted by molar-refractivity contribution is 6.34. The van der Waals surface area contributed by atoms with Gasteiger partial charge in [-0.15, -0.1) is 0 Å². The van der Waals surface area contributed by atoms with Crippen LogP contribution >= 0.6 is 11.6 Å². The van der Waals surface area contributed by atoms with Crippen LogP contribution in [-0.4, -0.2) is 73.4 Å². The van der Waals surface area contributed by atoms with Gasteiger partial charge in [0.05, 0.1) is 46.8 Å². The van der Waals surface area contributed by atoms with Gasteiger partial charge in [-0.1, -0.05) is 24.2 Å². The molecule has 1 aromatic carbocycles. The fourth-order valence-electron chi connectivity index (χ4n) is 6.35.